The zero-order chi connectivity index (χ0) is 33.8. The van der Waals surface area contributed by atoms with Gasteiger partial charge in [0.2, 0.25) is 10.0 Å². The number of sulfonamides is 1. The Kier molecular flexibility index (Phi) is 10.3. The Bertz CT molecular complexity index is 1800. The summed E-state index contributed by atoms with van der Waals surface area (Å²) in [6.07, 6.45) is 0.787. The molecule has 3 fully saturated rings. The van der Waals surface area contributed by atoms with Gasteiger partial charge in [-0.15, -0.1) is 0 Å². The molecule has 0 amide bonds. The summed E-state index contributed by atoms with van der Waals surface area (Å²) in [7, 11) is -3.63. The van der Waals surface area contributed by atoms with Crippen LogP contribution in [0, 0.1) is 5.92 Å². The molecule has 0 saturated carbocycles. The van der Waals surface area contributed by atoms with Crippen LogP contribution in [0.3, 0.4) is 0 Å². The molecule has 3 aliphatic heterocycles. The maximum atomic E-state index is 12.8. The molecule has 10 heteroatoms. The first kappa shape index (κ1) is 34.0. The zero-order valence-electron chi connectivity index (χ0n) is 27.7. The molecule has 49 heavy (non-hydrogen) atoms. The Balaban J connectivity index is 1.10. The third-order valence-electron chi connectivity index (χ3n) is 9.93. The predicted molar refractivity (Wildman–Crippen MR) is 186 cm³/mol. The summed E-state index contributed by atoms with van der Waals surface area (Å²) in [5.74, 6) is -0.354. The first-order valence-corrected chi connectivity index (χ1v) is 18.5. The Hall–Kier alpha value is -3.45. The number of aliphatic hydroxyl groups excluding tert-OH is 1. The highest BCUT2D eigenvalue weighted by Crippen LogP contribution is 2.43. The molecule has 3 heterocycles. The van der Waals surface area contributed by atoms with Crippen molar-refractivity contribution in [2.24, 2.45) is 5.92 Å². The summed E-state index contributed by atoms with van der Waals surface area (Å²) in [4.78, 5) is 2.68. The van der Waals surface area contributed by atoms with E-state index in [2.05, 4.69) is 22.6 Å². The van der Waals surface area contributed by atoms with Gasteiger partial charge in [0.1, 0.15) is 0 Å². The van der Waals surface area contributed by atoms with Crippen molar-refractivity contribution in [1.29, 1.82) is 0 Å². The summed E-state index contributed by atoms with van der Waals surface area (Å²) < 4.78 is 53.8. The third kappa shape index (κ3) is 7.82. The Morgan fingerprint density at radius 1 is 0.796 bits per heavy atom. The van der Waals surface area contributed by atoms with Crippen LogP contribution in [0.4, 0.5) is 0 Å². The van der Waals surface area contributed by atoms with E-state index in [4.69, 9.17) is 18.9 Å². The van der Waals surface area contributed by atoms with Crippen LogP contribution in [0.1, 0.15) is 54.4 Å². The topological polar surface area (TPSA) is 107 Å². The molecule has 0 unspecified atom stereocenters. The molecule has 9 nitrogen and oxygen atoms in total. The van der Waals surface area contributed by atoms with Crippen molar-refractivity contribution in [1.82, 2.24) is 9.62 Å². The van der Waals surface area contributed by atoms with Gasteiger partial charge >= 0.3 is 0 Å². The van der Waals surface area contributed by atoms with E-state index in [9.17, 15) is 13.5 Å². The highest BCUT2D eigenvalue weighted by atomic mass is 32.2. The second-order valence-electron chi connectivity index (χ2n) is 13.2. The van der Waals surface area contributed by atoms with Crippen molar-refractivity contribution < 1.29 is 32.5 Å². The number of ether oxygens (including phenoxy) is 4. The number of piperidine rings is 1. The van der Waals surface area contributed by atoms with Gasteiger partial charge in [-0.3, -0.25) is 0 Å². The summed E-state index contributed by atoms with van der Waals surface area (Å²) >= 11 is 0. The predicted octanol–water partition coefficient (Wildman–Crippen LogP) is 5.95. The highest BCUT2D eigenvalue weighted by molar-refractivity contribution is 7.89. The van der Waals surface area contributed by atoms with E-state index in [0.29, 0.717) is 13.2 Å². The standard InChI is InChI=1S/C39H44N2O7S/c1-28-36(26-41-19-17-39(18-20-41)45-21-22-46-39)47-38(48-37(28)31-15-13-29(27-42)14-16-31)34-10-6-9-33(24-34)32-8-5-7-30(23-32)25-40-49(43,44)35-11-3-2-4-12-35/h2-16,23-24,28,36-38,40,42H,17-22,25-27H2,1H3/t28-,36+,37+,38+/m0/s1. The SMILES string of the molecule is C[C@H]1[C@@H](CN2CCC3(CC2)OCCO3)O[C@@H](c2cccc(-c3cccc(CNS(=O)(=O)c4ccccc4)c3)c2)O[C@H]1c1ccc(CO)cc1. The van der Waals surface area contributed by atoms with Crippen LogP contribution in [-0.4, -0.2) is 63.2 Å². The number of hydrogen-bond donors (Lipinski definition) is 2. The van der Waals surface area contributed by atoms with Gasteiger partial charge in [-0.2, -0.15) is 0 Å². The second-order valence-corrected chi connectivity index (χ2v) is 15.0. The van der Waals surface area contributed by atoms with Gasteiger partial charge in [0.05, 0.1) is 36.9 Å². The summed E-state index contributed by atoms with van der Waals surface area (Å²) in [5, 5.41) is 9.63. The molecule has 3 saturated heterocycles. The minimum absolute atomic E-state index is 0.00745. The Morgan fingerprint density at radius 2 is 1.49 bits per heavy atom. The van der Waals surface area contributed by atoms with Crippen molar-refractivity contribution in [3.05, 3.63) is 125 Å². The normalized spacial score (nSPS) is 24.3. The Labute approximate surface area is 288 Å². The fraction of sp³-hybridized carbons (Fsp3) is 0.385. The lowest BCUT2D eigenvalue weighted by Gasteiger charge is -2.44. The summed E-state index contributed by atoms with van der Waals surface area (Å²) in [5.41, 5.74) is 5.62. The molecule has 4 atom stereocenters. The van der Waals surface area contributed by atoms with Crippen LogP contribution in [0.5, 0.6) is 0 Å². The average Bonchev–Trinajstić information content (AvgIpc) is 3.61. The van der Waals surface area contributed by atoms with Crippen molar-refractivity contribution >= 4 is 10.0 Å². The van der Waals surface area contributed by atoms with Crippen LogP contribution < -0.4 is 4.72 Å². The van der Waals surface area contributed by atoms with Gasteiger partial charge in [-0.05, 0) is 52.1 Å². The maximum absolute atomic E-state index is 12.8. The molecule has 4 aromatic rings. The summed E-state index contributed by atoms with van der Waals surface area (Å²) in [6, 6.07) is 32.4. The summed E-state index contributed by atoms with van der Waals surface area (Å²) in [6.45, 7) is 6.20. The van der Waals surface area contributed by atoms with E-state index in [-0.39, 0.29) is 36.2 Å². The highest BCUT2D eigenvalue weighted by Gasteiger charge is 2.43. The third-order valence-corrected chi connectivity index (χ3v) is 11.3. The molecule has 258 valence electrons. The molecular formula is C39H44N2O7S. The molecule has 1 spiro atoms. The lowest BCUT2D eigenvalue weighted by Crippen LogP contribution is -2.50. The molecule has 0 aliphatic carbocycles. The molecule has 2 N–H and O–H groups in total. The van der Waals surface area contributed by atoms with Crippen LogP contribution in [0.25, 0.3) is 11.1 Å². The molecule has 7 rings (SSSR count). The second kappa shape index (κ2) is 14.8. The smallest absolute Gasteiger partial charge is 0.240 e. The number of nitrogens with one attached hydrogen (secondary N) is 1. The van der Waals surface area contributed by atoms with E-state index in [0.717, 1.165) is 65.9 Å². The van der Waals surface area contributed by atoms with Crippen molar-refractivity contribution in [2.75, 3.05) is 32.8 Å². The molecule has 0 bridgehead atoms. The van der Waals surface area contributed by atoms with E-state index in [1.165, 1.54) is 0 Å². The van der Waals surface area contributed by atoms with Crippen LogP contribution in [0.15, 0.2) is 108 Å². The van der Waals surface area contributed by atoms with E-state index >= 15 is 0 Å². The monoisotopic (exact) mass is 684 g/mol. The minimum atomic E-state index is -3.63. The van der Waals surface area contributed by atoms with Gasteiger partial charge in [0.15, 0.2) is 12.1 Å². The number of hydrogen-bond acceptors (Lipinski definition) is 8. The van der Waals surface area contributed by atoms with E-state index in [1.807, 2.05) is 66.7 Å². The van der Waals surface area contributed by atoms with Crippen molar-refractivity contribution in [2.45, 2.75) is 62.1 Å². The van der Waals surface area contributed by atoms with E-state index in [1.54, 1.807) is 30.3 Å². The van der Waals surface area contributed by atoms with Gasteiger partial charge in [-0.25, -0.2) is 13.1 Å². The molecular weight excluding hydrogens is 641 g/mol. The van der Waals surface area contributed by atoms with Gasteiger partial charge in [0.25, 0.3) is 0 Å². The van der Waals surface area contributed by atoms with Gasteiger partial charge in [-0.1, -0.05) is 85.8 Å². The molecule has 0 aromatic heterocycles. The number of rotatable bonds is 10. The average molecular weight is 685 g/mol. The maximum Gasteiger partial charge on any atom is 0.240 e. The quantitative estimate of drug-likeness (QED) is 0.211. The van der Waals surface area contributed by atoms with Crippen LogP contribution in [0.2, 0.25) is 0 Å². The van der Waals surface area contributed by atoms with Crippen molar-refractivity contribution in [3.63, 3.8) is 0 Å². The number of nitrogens with zero attached hydrogens (tertiary/aromatic N) is 1. The van der Waals surface area contributed by atoms with Gasteiger partial charge < -0.3 is 29.0 Å². The fourth-order valence-corrected chi connectivity index (χ4v) is 8.07. The molecule has 3 aliphatic rings. The van der Waals surface area contributed by atoms with E-state index < -0.39 is 22.1 Å². The number of aliphatic hydroxyl groups is 1. The first-order valence-electron chi connectivity index (χ1n) is 17.1. The Morgan fingerprint density at radius 3 is 2.20 bits per heavy atom. The first-order chi connectivity index (χ1) is 23.8. The molecule has 0 radical (unpaired) electrons. The largest absolute Gasteiger partial charge is 0.392 e. The number of benzene rings is 4. The van der Waals surface area contributed by atoms with Crippen molar-refractivity contribution in [3.8, 4) is 11.1 Å². The zero-order valence-corrected chi connectivity index (χ0v) is 28.6. The van der Waals surface area contributed by atoms with Crippen LogP contribution in [-0.2, 0) is 42.1 Å². The molecule has 4 aromatic carbocycles. The van der Waals surface area contributed by atoms with Crippen LogP contribution >= 0.6 is 0 Å². The lowest BCUT2D eigenvalue weighted by molar-refractivity contribution is -0.278. The lowest BCUT2D eigenvalue weighted by atomic mass is 9.89. The fourth-order valence-electron chi connectivity index (χ4n) is 7.03. The van der Waals surface area contributed by atoms with Gasteiger partial charge in [0, 0.05) is 50.5 Å². The number of likely N-dealkylation sites (tertiary alicyclic amines) is 1. The minimum Gasteiger partial charge on any atom is -0.392 e.